The van der Waals surface area contributed by atoms with Crippen LogP contribution < -0.4 is 16.7 Å². The van der Waals surface area contributed by atoms with E-state index in [-0.39, 0.29) is 0 Å². The molecule has 4 aromatic rings. The molecule has 162 valence electrons. The predicted octanol–water partition coefficient (Wildman–Crippen LogP) is 3.17. The molecule has 8 heteroatoms. The maximum absolute atomic E-state index is 12.6. The third-order valence-corrected chi connectivity index (χ3v) is 5.12. The molecule has 0 bridgehead atoms. The van der Waals surface area contributed by atoms with E-state index in [4.69, 9.17) is 0 Å². The normalized spacial score (nSPS) is 12.0. The fraction of sp³-hybridized carbons (Fsp3) is 0.167. The van der Waals surface area contributed by atoms with E-state index in [0.29, 0.717) is 30.1 Å². The van der Waals surface area contributed by atoms with Crippen LogP contribution in [-0.4, -0.2) is 24.8 Å². The van der Waals surface area contributed by atoms with Crippen molar-refractivity contribution in [1.29, 1.82) is 0 Å². The lowest BCUT2D eigenvalue weighted by atomic mass is 10.1. The second-order valence-electron chi connectivity index (χ2n) is 7.42. The number of imidazole rings is 1. The van der Waals surface area contributed by atoms with Gasteiger partial charge in [0.1, 0.15) is 0 Å². The number of hydrogen-bond donors (Lipinski definition) is 2. The summed E-state index contributed by atoms with van der Waals surface area (Å²) in [5.41, 5.74) is 5.56. The number of allylic oxidation sites excluding steroid dienone is 1. The van der Waals surface area contributed by atoms with Crippen molar-refractivity contribution in [2.24, 2.45) is 12.1 Å². The quantitative estimate of drug-likeness (QED) is 0.349. The number of aromatic amines is 1. The molecule has 0 spiro atoms. The van der Waals surface area contributed by atoms with Gasteiger partial charge in [-0.05, 0) is 30.5 Å². The second-order valence-corrected chi connectivity index (χ2v) is 7.42. The van der Waals surface area contributed by atoms with Gasteiger partial charge >= 0.3 is 5.69 Å². The Morgan fingerprint density at radius 3 is 2.50 bits per heavy atom. The number of benzene rings is 2. The summed E-state index contributed by atoms with van der Waals surface area (Å²) in [5, 5.41) is 4.40. The highest BCUT2D eigenvalue weighted by molar-refractivity contribution is 5.96. The average molecular weight is 428 g/mol. The zero-order chi connectivity index (χ0) is 22.5. The maximum Gasteiger partial charge on any atom is 0.329 e. The summed E-state index contributed by atoms with van der Waals surface area (Å²) in [5.74, 6) is 0.398. The van der Waals surface area contributed by atoms with Crippen LogP contribution in [0.1, 0.15) is 18.1 Å². The fourth-order valence-electron chi connectivity index (χ4n) is 3.38. The Bertz CT molecular complexity index is 1400. The molecular weight excluding hydrogens is 404 g/mol. The van der Waals surface area contributed by atoms with Gasteiger partial charge in [0.05, 0.1) is 5.71 Å². The highest BCUT2D eigenvalue weighted by Crippen LogP contribution is 2.17. The lowest BCUT2D eigenvalue weighted by Crippen LogP contribution is -2.29. The Morgan fingerprint density at radius 2 is 1.78 bits per heavy atom. The summed E-state index contributed by atoms with van der Waals surface area (Å²) in [6.07, 6.45) is 4.55. The average Bonchev–Trinajstić information content (AvgIpc) is 3.19. The van der Waals surface area contributed by atoms with Gasteiger partial charge in [-0.2, -0.15) is 10.1 Å². The summed E-state index contributed by atoms with van der Waals surface area (Å²) in [6.45, 7) is 2.37. The number of rotatable bonds is 7. The predicted molar refractivity (Wildman–Crippen MR) is 128 cm³/mol. The first-order chi connectivity index (χ1) is 15.5. The van der Waals surface area contributed by atoms with Crippen molar-refractivity contribution in [3.8, 4) is 0 Å². The molecule has 0 unspecified atom stereocenters. The number of aryl methyl sites for hydroxylation is 3. The SMILES string of the molecule is CC(/C=C\c1ccccc1)=N\Nc1nc2c(c(=O)[nH]c(=O)n2C)n1CCc1ccccc1. The number of nitrogens with one attached hydrogen (secondary N) is 2. The highest BCUT2D eigenvalue weighted by Gasteiger charge is 2.17. The van der Waals surface area contributed by atoms with Gasteiger partial charge in [-0.1, -0.05) is 66.7 Å². The molecule has 0 fully saturated rings. The molecule has 2 heterocycles. The number of hydrogen-bond acceptors (Lipinski definition) is 5. The molecule has 8 nitrogen and oxygen atoms in total. The minimum absolute atomic E-state index is 0.307. The lowest BCUT2D eigenvalue weighted by Gasteiger charge is -2.08. The zero-order valence-electron chi connectivity index (χ0n) is 17.9. The fourth-order valence-corrected chi connectivity index (χ4v) is 3.38. The zero-order valence-corrected chi connectivity index (χ0v) is 17.9. The first-order valence-electron chi connectivity index (χ1n) is 10.3. The number of H-pyrrole nitrogens is 1. The van der Waals surface area contributed by atoms with Crippen molar-refractivity contribution in [2.45, 2.75) is 19.9 Å². The van der Waals surface area contributed by atoms with Gasteiger partial charge in [-0.15, -0.1) is 0 Å². The molecule has 0 aliphatic heterocycles. The van der Waals surface area contributed by atoms with Crippen molar-refractivity contribution >= 4 is 28.9 Å². The Hall–Kier alpha value is -4.20. The summed E-state index contributed by atoms with van der Waals surface area (Å²) >= 11 is 0. The molecule has 32 heavy (non-hydrogen) atoms. The van der Waals surface area contributed by atoms with Crippen LogP contribution in [0.4, 0.5) is 5.95 Å². The third-order valence-electron chi connectivity index (χ3n) is 5.12. The maximum atomic E-state index is 12.6. The van der Waals surface area contributed by atoms with Crippen LogP contribution in [0.3, 0.4) is 0 Å². The van der Waals surface area contributed by atoms with Gasteiger partial charge in [0.25, 0.3) is 5.56 Å². The van der Waals surface area contributed by atoms with Crippen LogP contribution in [-0.2, 0) is 20.0 Å². The number of fused-ring (bicyclic) bond motifs is 1. The van der Waals surface area contributed by atoms with Crippen LogP contribution in [0.15, 0.2) is 81.4 Å². The number of aromatic nitrogens is 4. The minimum Gasteiger partial charge on any atom is -0.303 e. The van der Waals surface area contributed by atoms with Crippen LogP contribution in [0.25, 0.3) is 17.2 Å². The number of anilines is 1. The number of hydrazone groups is 1. The van der Waals surface area contributed by atoms with E-state index >= 15 is 0 Å². The summed E-state index contributed by atoms with van der Waals surface area (Å²) < 4.78 is 3.09. The molecule has 2 aromatic heterocycles. The van der Waals surface area contributed by atoms with E-state index in [0.717, 1.165) is 16.8 Å². The first-order valence-corrected chi connectivity index (χ1v) is 10.3. The van der Waals surface area contributed by atoms with Gasteiger partial charge in [-0.3, -0.25) is 14.3 Å². The van der Waals surface area contributed by atoms with Crippen LogP contribution in [0.2, 0.25) is 0 Å². The van der Waals surface area contributed by atoms with Gasteiger partial charge in [0, 0.05) is 13.6 Å². The Balaban J connectivity index is 1.67. The van der Waals surface area contributed by atoms with E-state index in [9.17, 15) is 9.59 Å². The Morgan fingerprint density at radius 1 is 1.09 bits per heavy atom. The Labute approximate surface area is 184 Å². The smallest absolute Gasteiger partial charge is 0.303 e. The van der Waals surface area contributed by atoms with E-state index in [2.05, 4.69) is 20.5 Å². The largest absolute Gasteiger partial charge is 0.329 e. The molecule has 2 aromatic carbocycles. The molecule has 0 radical (unpaired) electrons. The van der Waals surface area contributed by atoms with E-state index in [1.807, 2.05) is 79.7 Å². The summed E-state index contributed by atoms with van der Waals surface area (Å²) in [6, 6.07) is 19.9. The van der Waals surface area contributed by atoms with Crippen LogP contribution >= 0.6 is 0 Å². The summed E-state index contributed by atoms with van der Waals surface area (Å²) in [7, 11) is 1.58. The molecule has 0 atom stereocenters. The van der Waals surface area contributed by atoms with Gasteiger partial charge in [0.15, 0.2) is 11.2 Å². The number of nitrogens with zero attached hydrogens (tertiary/aromatic N) is 4. The standard InChI is InChI=1S/C24H24N6O2/c1-17(13-14-18-9-5-3-6-10-18)27-28-23-25-21-20(22(31)26-24(32)29(21)2)30(23)16-15-19-11-7-4-8-12-19/h3-14H,15-16H2,1-2H3,(H,25,28)(H,26,31,32)/b14-13-,27-17+. The monoisotopic (exact) mass is 428 g/mol. The molecule has 0 amide bonds. The molecule has 2 N–H and O–H groups in total. The van der Waals surface area contributed by atoms with Crippen molar-refractivity contribution in [3.63, 3.8) is 0 Å². The van der Waals surface area contributed by atoms with Crippen molar-refractivity contribution in [3.05, 3.63) is 98.7 Å². The van der Waals surface area contributed by atoms with Crippen molar-refractivity contribution in [1.82, 2.24) is 19.1 Å². The van der Waals surface area contributed by atoms with Crippen LogP contribution in [0.5, 0.6) is 0 Å². The minimum atomic E-state index is -0.507. The van der Waals surface area contributed by atoms with Crippen molar-refractivity contribution < 1.29 is 0 Å². The molecule has 0 saturated heterocycles. The van der Waals surface area contributed by atoms with E-state index in [1.54, 1.807) is 11.6 Å². The Kier molecular flexibility index (Phi) is 6.12. The van der Waals surface area contributed by atoms with Crippen LogP contribution in [0, 0.1) is 0 Å². The van der Waals surface area contributed by atoms with E-state index < -0.39 is 11.2 Å². The summed E-state index contributed by atoms with van der Waals surface area (Å²) in [4.78, 5) is 31.5. The lowest BCUT2D eigenvalue weighted by molar-refractivity contribution is 0.716. The molecular formula is C24H24N6O2. The van der Waals surface area contributed by atoms with E-state index in [1.165, 1.54) is 4.57 Å². The molecule has 0 aliphatic carbocycles. The van der Waals surface area contributed by atoms with Gasteiger partial charge in [-0.25, -0.2) is 10.2 Å². The topological polar surface area (TPSA) is 97.1 Å². The molecule has 0 aliphatic rings. The first kappa shape index (κ1) is 21.0. The van der Waals surface area contributed by atoms with Gasteiger partial charge < -0.3 is 4.57 Å². The third kappa shape index (κ3) is 4.59. The molecule has 4 rings (SSSR count). The highest BCUT2D eigenvalue weighted by atomic mass is 16.2. The van der Waals surface area contributed by atoms with Gasteiger partial charge in [0.2, 0.25) is 5.95 Å². The molecule has 0 saturated carbocycles. The second kappa shape index (κ2) is 9.30. The van der Waals surface area contributed by atoms with Crippen molar-refractivity contribution in [2.75, 3.05) is 5.43 Å².